The van der Waals surface area contributed by atoms with Crippen molar-refractivity contribution in [3.05, 3.63) is 66.2 Å². The van der Waals surface area contributed by atoms with Crippen molar-refractivity contribution in [2.75, 3.05) is 4.31 Å². The van der Waals surface area contributed by atoms with Crippen LogP contribution in [0.4, 0.5) is 10.1 Å². The van der Waals surface area contributed by atoms with Crippen LogP contribution in [0.2, 0.25) is 0 Å². The Labute approximate surface area is 130 Å². The van der Waals surface area contributed by atoms with Crippen molar-refractivity contribution in [1.82, 2.24) is 0 Å². The second-order valence-corrected chi connectivity index (χ2v) is 6.63. The van der Waals surface area contributed by atoms with Crippen LogP contribution in [-0.4, -0.2) is 9.83 Å². The van der Waals surface area contributed by atoms with E-state index in [0.717, 1.165) is 4.31 Å². The van der Waals surface area contributed by atoms with Crippen molar-refractivity contribution in [1.29, 1.82) is 0 Å². The summed E-state index contributed by atoms with van der Waals surface area (Å²) in [6, 6.07) is 17.1. The standard InChI is InChI=1S/C14H10Cl2FNOS/c15-14(16,17)20-18(12-9-5-2-6-10-12)13(19)11-7-3-1-4-8-11/h1-10H. The fraction of sp³-hybridized carbons (Fsp3) is 0.0714. The maximum atomic E-state index is 13.5. The molecule has 6 heteroatoms. The smallest absolute Gasteiger partial charge is 0.268 e. The molecule has 0 aliphatic heterocycles. The van der Waals surface area contributed by atoms with Gasteiger partial charge in [0.05, 0.1) is 5.69 Å². The highest BCUT2D eigenvalue weighted by molar-refractivity contribution is 8.05. The molecule has 2 nitrogen and oxygen atoms in total. The van der Waals surface area contributed by atoms with Crippen molar-refractivity contribution in [2.45, 2.75) is 3.92 Å². The third-order valence-corrected chi connectivity index (χ3v) is 3.57. The van der Waals surface area contributed by atoms with Gasteiger partial charge < -0.3 is 0 Å². The van der Waals surface area contributed by atoms with E-state index in [4.69, 9.17) is 23.2 Å². The average molecular weight is 330 g/mol. The first-order chi connectivity index (χ1) is 9.47. The van der Waals surface area contributed by atoms with E-state index in [0.29, 0.717) is 23.2 Å². The molecule has 0 heterocycles. The zero-order valence-electron chi connectivity index (χ0n) is 10.2. The first-order valence-corrected chi connectivity index (χ1v) is 7.21. The predicted molar refractivity (Wildman–Crippen MR) is 82.8 cm³/mol. The summed E-state index contributed by atoms with van der Waals surface area (Å²) < 4.78 is 12.0. The molecule has 0 saturated heterocycles. The molecular formula is C14H10Cl2FNOS. The molecule has 0 bridgehead atoms. The van der Waals surface area contributed by atoms with Crippen molar-refractivity contribution < 1.29 is 9.18 Å². The topological polar surface area (TPSA) is 20.3 Å². The number of para-hydroxylation sites is 1. The molecule has 0 radical (unpaired) electrons. The molecule has 0 unspecified atom stereocenters. The normalized spacial score (nSPS) is 11.2. The number of halogens is 3. The molecule has 104 valence electrons. The molecule has 0 aromatic heterocycles. The molecule has 0 spiro atoms. The molecule has 20 heavy (non-hydrogen) atoms. The SMILES string of the molecule is O=C(c1ccccc1)N(SC(F)(Cl)Cl)c1ccccc1. The molecule has 1 amide bonds. The average Bonchev–Trinajstić information content (AvgIpc) is 2.45. The minimum atomic E-state index is -2.60. The van der Waals surface area contributed by atoms with Gasteiger partial charge in [-0.15, -0.1) is 0 Å². The summed E-state index contributed by atoms with van der Waals surface area (Å²) in [7, 11) is 0. The second kappa shape index (κ2) is 6.48. The van der Waals surface area contributed by atoms with Crippen molar-refractivity contribution in [3.8, 4) is 0 Å². The first-order valence-electron chi connectivity index (χ1n) is 5.68. The predicted octanol–water partition coefficient (Wildman–Crippen LogP) is 5.04. The molecule has 2 aromatic carbocycles. The molecule has 2 rings (SSSR count). The number of anilines is 1. The lowest BCUT2D eigenvalue weighted by Crippen LogP contribution is -2.27. The van der Waals surface area contributed by atoms with Crippen LogP contribution in [0.5, 0.6) is 0 Å². The largest absolute Gasteiger partial charge is 0.324 e. The van der Waals surface area contributed by atoms with Crippen molar-refractivity contribution in [2.24, 2.45) is 0 Å². The Morgan fingerprint density at radius 2 is 1.50 bits per heavy atom. The van der Waals surface area contributed by atoms with Gasteiger partial charge in [0.1, 0.15) is 0 Å². The van der Waals surface area contributed by atoms with Gasteiger partial charge in [0.2, 0.25) is 0 Å². The fourth-order valence-corrected chi connectivity index (χ4v) is 2.61. The minimum absolute atomic E-state index is 0.398. The molecule has 0 atom stereocenters. The van der Waals surface area contributed by atoms with Crippen LogP contribution in [0, 0.1) is 0 Å². The van der Waals surface area contributed by atoms with Crippen LogP contribution in [0.15, 0.2) is 60.7 Å². The van der Waals surface area contributed by atoms with Gasteiger partial charge in [0.15, 0.2) is 0 Å². The Bertz CT molecular complexity index is 575. The summed E-state index contributed by atoms with van der Waals surface area (Å²) in [4.78, 5) is 12.4. The molecule has 2 aromatic rings. The van der Waals surface area contributed by atoms with Crippen LogP contribution in [0.25, 0.3) is 0 Å². The van der Waals surface area contributed by atoms with Crippen LogP contribution < -0.4 is 4.31 Å². The third-order valence-electron chi connectivity index (χ3n) is 2.39. The zero-order chi connectivity index (χ0) is 14.6. The van der Waals surface area contributed by atoms with Gasteiger partial charge in [-0.05, 0) is 24.3 Å². The lowest BCUT2D eigenvalue weighted by Gasteiger charge is -2.23. The Morgan fingerprint density at radius 1 is 1.00 bits per heavy atom. The number of hydrogen-bond acceptors (Lipinski definition) is 2. The van der Waals surface area contributed by atoms with E-state index in [9.17, 15) is 9.18 Å². The van der Waals surface area contributed by atoms with Crippen LogP contribution in [-0.2, 0) is 0 Å². The Balaban J connectivity index is 2.35. The van der Waals surface area contributed by atoms with Crippen molar-refractivity contribution >= 4 is 46.7 Å². The minimum Gasteiger partial charge on any atom is -0.268 e. The van der Waals surface area contributed by atoms with Gasteiger partial charge in [0, 0.05) is 17.5 Å². The number of nitrogens with zero attached hydrogens (tertiary/aromatic N) is 1. The van der Waals surface area contributed by atoms with E-state index in [-0.39, 0.29) is 0 Å². The van der Waals surface area contributed by atoms with Gasteiger partial charge in [-0.3, -0.25) is 4.79 Å². The molecule has 0 saturated carbocycles. The van der Waals surface area contributed by atoms with Crippen LogP contribution in [0.3, 0.4) is 0 Å². The van der Waals surface area contributed by atoms with E-state index in [1.54, 1.807) is 60.7 Å². The molecular weight excluding hydrogens is 320 g/mol. The summed E-state index contributed by atoms with van der Waals surface area (Å²) in [5.74, 6) is -0.398. The zero-order valence-corrected chi connectivity index (χ0v) is 12.5. The quantitative estimate of drug-likeness (QED) is 0.578. The van der Waals surface area contributed by atoms with Gasteiger partial charge in [-0.2, -0.15) is 4.39 Å². The number of rotatable bonds is 4. The number of carbonyl (C=O) groups is 1. The summed E-state index contributed by atoms with van der Waals surface area (Å²) >= 11 is 11.2. The van der Waals surface area contributed by atoms with E-state index in [2.05, 4.69) is 0 Å². The Hall–Kier alpha value is -1.23. The van der Waals surface area contributed by atoms with E-state index in [1.807, 2.05) is 0 Å². The van der Waals surface area contributed by atoms with Crippen LogP contribution in [0.1, 0.15) is 10.4 Å². The fourth-order valence-electron chi connectivity index (χ4n) is 1.58. The van der Waals surface area contributed by atoms with Gasteiger partial charge in [-0.25, -0.2) is 4.31 Å². The molecule has 0 aliphatic rings. The van der Waals surface area contributed by atoms with E-state index >= 15 is 0 Å². The lowest BCUT2D eigenvalue weighted by molar-refractivity contribution is 0.101. The summed E-state index contributed by atoms with van der Waals surface area (Å²) in [6.07, 6.45) is 0. The molecule has 0 N–H and O–H groups in total. The van der Waals surface area contributed by atoms with Crippen LogP contribution >= 0.6 is 35.1 Å². The lowest BCUT2D eigenvalue weighted by atomic mass is 10.2. The first kappa shape index (κ1) is 15.2. The van der Waals surface area contributed by atoms with Gasteiger partial charge in [-0.1, -0.05) is 59.6 Å². The highest BCUT2D eigenvalue weighted by Crippen LogP contribution is 2.41. The monoisotopic (exact) mass is 329 g/mol. The summed E-state index contributed by atoms with van der Waals surface area (Å²) in [6.45, 7) is 0. The number of amides is 1. The Morgan fingerprint density at radius 3 is 2.00 bits per heavy atom. The van der Waals surface area contributed by atoms with Crippen molar-refractivity contribution in [3.63, 3.8) is 0 Å². The number of alkyl halides is 3. The third kappa shape index (κ3) is 4.13. The van der Waals surface area contributed by atoms with E-state index in [1.165, 1.54) is 0 Å². The number of carbonyl (C=O) groups excluding carboxylic acids is 1. The summed E-state index contributed by atoms with van der Waals surface area (Å²) in [5.41, 5.74) is 0.913. The molecule has 0 aliphatic carbocycles. The second-order valence-electron chi connectivity index (χ2n) is 3.84. The van der Waals surface area contributed by atoms with Gasteiger partial charge >= 0.3 is 3.92 Å². The number of hydrogen-bond donors (Lipinski definition) is 0. The maximum absolute atomic E-state index is 13.5. The maximum Gasteiger partial charge on any atom is 0.324 e. The summed E-state index contributed by atoms with van der Waals surface area (Å²) in [5, 5.41) is 0. The highest BCUT2D eigenvalue weighted by atomic mass is 35.5. The molecule has 0 fully saturated rings. The highest BCUT2D eigenvalue weighted by Gasteiger charge is 2.32. The van der Waals surface area contributed by atoms with E-state index < -0.39 is 9.83 Å². The number of benzene rings is 2. The Kier molecular flexibility index (Phi) is 4.91. The van der Waals surface area contributed by atoms with Gasteiger partial charge in [0.25, 0.3) is 5.91 Å².